The number of ether oxygens (including phenoxy) is 1. The Morgan fingerprint density at radius 1 is 0.796 bits per heavy atom. The molecule has 2 aromatic rings. The molecule has 1 aromatic carbocycles. The van der Waals surface area contributed by atoms with Gasteiger partial charge in [-0.3, -0.25) is 9.88 Å². The van der Waals surface area contributed by atoms with Crippen molar-refractivity contribution in [3.63, 3.8) is 0 Å². The van der Waals surface area contributed by atoms with Crippen LogP contribution >= 0.6 is 0 Å². The van der Waals surface area contributed by atoms with Crippen molar-refractivity contribution < 1.29 is 9.84 Å². The number of aliphatic hydroxyl groups excluding tert-OH is 1. The lowest BCUT2D eigenvalue weighted by Gasteiger charge is -2.50. The standard InChI is InChI=1S/C50H84N2O2/c1-9-12-14-16-18-20-22-24-26-28-33-49(4,5)45-37-41(48(53)43-36-40-32-35-52(43)38-39(40)11-3)46-42(51-45)30-31-44(54-8)47(46)50(6,7)34-29-27-25-23-21-19-17-15-13-10-2/h11,30-31,37,39-40,43,48,53H,3,9-10,12-29,32-36,38H2,1-2,4-8H3/t39-,40?,43-,48+/m0/s1. The number of aliphatic hydroxyl groups is 1. The Kier molecular flexibility index (Phi) is 18.9. The maximum absolute atomic E-state index is 12.7. The van der Waals surface area contributed by atoms with Crippen LogP contribution in [0.3, 0.4) is 0 Å². The minimum absolute atomic E-state index is 0.0752. The number of benzene rings is 1. The number of fused-ring (bicyclic) bond motifs is 4. The van der Waals surface area contributed by atoms with Gasteiger partial charge < -0.3 is 9.84 Å². The Labute approximate surface area is 333 Å². The summed E-state index contributed by atoms with van der Waals surface area (Å²) in [6, 6.07) is 6.77. The Balaban J connectivity index is 1.56. The SMILES string of the molecule is C=C[C@H]1CN2CCC1C[C@H]2[C@H](O)c1cc(C(C)(C)CCCCCCCCCCCC)nc2ccc(OC)c(C(C)(C)CCCCCCCCCCCC)c12. The molecular weight excluding hydrogens is 661 g/mol. The third-order valence-electron chi connectivity index (χ3n) is 13.7. The highest BCUT2D eigenvalue weighted by molar-refractivity contribution is 5.90. The van der Waals surface area contributed by atoms with Crippen molar-refractivity contribution >= 4 is 10.9 Å². The highest BCUT2D eigenvalue weighted by Gasteiger charge is 2.43. The van der Waals surface area contributed by atoms with E-state index < -0.39 is 6.10 Å². The smallest absolute Gasteiger partial charge is 0.123 e. The number of hydrogen-bond donors (Lipinski definition) is 1. The minimum Gasteiger partial charge on any atom is -0.496 e. The molecule has 3 aliphatic rings. The normalized spacial score (nSPS) is 20.8. The third-order valence-corrected chi connectivity index (χ3v) is 13.7. The van der Waals surface area contributed by atoms with Crippen molar-refractivity contribution in [3.8, 4) is 5.75 Å². The summed E-state index contributed by atoms with van der Waals surface area (Å²) in [7, 11) is 1.82. The monoisotopic (exact) mass is 745 g/mol. The van der Waals surface area contributed by atoms with Gasteiger partial charge >= 0.3 is 0 Å². The van der Waals surface area contributed by atoms with E-state index in [1.807, 2.05) is 7.11 Å². The van der Waals surface area contributed by atoms with E-state index in [1.54, 1.807) is 0 Å². The summed E-state index contributed by atoms with van der Waals surface area (Å²) in [6.45, 7) is 20.4. The van der Waals surface area contributed by atoms with Crippen molar-refractivity contribution in [2.45, 2.75) is 219 Å². The Morgan fingerprint density at radius 2 is 1.31 bits per heavy atom. The molecule has 4 nitrogen and oxygen atoms in total. The number of rotatable bonds is 28. The predicted molar refractivity (Wildman–Crippen MR) is 234 cm³/mol. The van der Waals surface area contributed by atoms with Gasteiger partial charge in [-0.2, -0.15) is 0 Å². The molecule has 54 heavy (non-hydrogen) atoms. The second kappa shape index (κ2) is 22.7. The van der Waals surface area contributed by atoms with Crippen LogP contribution in [0.2, 0.25) is 0 Å². The van der Waals surface area contributed by atoms with Gasteiger partial charge in [-0.05, 0) is 73.2 Å². The van der Waals surface area contributed by atoms with E-state index in [0.29, 0.717) is 11.8 Å². The summed E-state index contributed by atoms with van der Waals surface area (Å²) in [4.78, 5) is 8.05. The molecule has 0 spiro atoms. The zero-order chi connectivity index (χ0) is 39.0. The van der Waals surface area contributed by atoms with Crippen LogP contribution in [0.4, 0.5) is 0 Å². The maximum Gasteiger partial charge on any atom is 0.123 e. The predicted octanol–water partition coefficient (Wildman–Crippen LogP) is 14.4. The number of piperidine rings is 3. The van der Waals surface area contributed by atoms with Crippen molar-refractivity contribution in [1.29, 1.82) is 0 Å². The molecule has 3 saturated heterocycles. The van der Waals surface area contributed by atoms with Gasteiger partial charge in [0.25, 0.3) is 0 Å². The first kappa shape index (κ1) is 44.8. The van der Waals surface area contributed by atoms with Gasteiger partial charge in [0, 0.05) is 34.6 Å². The molecule has 0 aliphatic carbocycles. The number of unbranched alkanes of at least 4 members (excludes halogenated alkanes) is 18. The van der Waals surface area contributed by atoms with Gasteiger partial charge in [0.05, 0.1) is 18.7 Å². The van der Waals surface area contributed by atoms with E-state index in [-0.39, 0.29) is 16.9 Å². The topological polar surface area (TPSA) is 45.6 Å². The molecule has 4 heterocycles. The largest absolute Gasteiger partial charge is 0.496 e. The van der Waals surface area contributed by atoms with E-state index in [4.69, 9.17) is 9.72 Å². The molecule has 2 unspecified atom stereocenters. The molecule has 3 aliphatic heterocycles. The van der Waals surface area contributed by atoms with Crippen LogP contribution in [-0.4, -0.2) is 41.2 Å². The molecule has 0 amide bonds. The fraction of sp³-hybridized carbons (Fsp3) is 0.780. The third kappa shape index (κ3) is 12.5. The van der Waals surface area contributed by atoms with Crippen molar-refractivity contribution in [2.75, 3.05) is 20.2 Å². The van der Waals surface area contributed by atoms with E-state index >= 15 is 0 Å². The number of hydrogen-bond acceptors (Lipinski definition) is 4. The van der Waals surface area contributed by atoms with Crippen molar-refractivity contribution in [3.05, 3.63) is 47.7 Å². The second-order valence-corrected chi connectivity index (χ2v) is 19.0. The zero-order valence-electron chi connectivity index (χ0n) is 36.5. The molecule has 2 bridgehead atoms. The molecule has 0 radical (unpaired) electrons. The van der Waals surface area contributed by atoms with E-state index in [9.17, 15) is 5.11 Å². The first-order chi connectivity index (χ1) is 26.1. The van der Waals surface area contributed by atoms with Crippen LogP contribution in [0, 0.1) is 11.8 Å². The zero-order valence-corrected chi connectivity index (χ0v) is 36.5. The summed E-state index contributed by atoms with van der Waals surface area (Å²) < 4.78 is 6.18. The van der Waals surface area contributed by atoms with Crippen LogP contribution in [0.25, 0.3) is 10.9 Å². The molecule has 4 heteroatoms. The number of aromatic nitrogens is 1. The molecule has 5 rings (SSSR count). The summed E-state index contributed by atoms with van der Waals surface area (Å²) in [5.74, 6) is 2.07. The summed E-state index contributed by atoms with van der Waals surface area (Å²) in [6.07, 6.45) is 33.0. The Hall–Kier alpha value is -1.91. The Morgan fingerprint density at radius 3 is 1.80 bits per heavy atom. The van der Waals surface area contributed by atoms with Crippen LogP contribution in [0.15, 0.2) is 30.9 Å². The van der Waals surface area contributed by atoms with Gasteiger partial charge in [0.2, 0.25) is 0 Å². The van der Waals surface area contributed by atoms with Crippen LogP contribution in [0.1, 0.15) is 219 Å². The maximum atomic E-state index is 12.7. The number of pyridine rings is 1. The fourth-order valence-corrected chi connectivity index (χ4v) is 10.0. The van der Waals surface area contributed by atoms with Gasteiger partial charge in [0.15, 0.2) is 0 Å². The van der Waals surface area contributed by atoms with E-state index in [2.05, 4.69) is 77.3 Å². The van der Waals surface area contributed by atoms with Crippen LogP contribution in [-0.2, 0) is 10.8 Å². The van der Waals surface area contributed by atoms with Crippen molar-refractivity contribution in [2.24, 2.45) is 11.8 Å². The molecule has 0 saturated carbocycles. The molecule has 306 valence electrons. The Bertz CT molecular complexity index is 1380. The van der Waals surface area contributed by atoms with Crippen LogP contribution < -0.4 is 4.74 Å². The molecule has 1 N–H and O–H groups in total. The first-order valence-electron chi connectivity index (χ1n) is 23.1. The van der Waals surface area contributed by atoms with Gasteiger partial charge in [-0.15, -0.1) is 6.58 Å². The van der Waals surface area contributed by atoms with Crippen molar-refractivity contribution in [1.82, 2.24) is 9.88 Å². The average Bonchev–Trinajstić information content (AvgIpc) is 3.18. The molecular formula is C50H84N2O2. The number of methoxy groups -OCH3 is 1. The highest BCUT2D eigenvalue weighted by atomic mass is 16.5. The van der Waals surface area contributed by atoms with E-state index in [1.165, 1.54) is 140 Å². The summed E-state index contributed by atoms with van der Waals surface area (Å²) in [5.41, 5.74) is 4.26. The van der Waals surface area contributed by atoms with Crippen LogP contribution in [0.5, 0.6) is 5.75 Å². The lowest BCUT2D eigenvalue weighted by molar-refractivity contribution is -0.0445. The van der Waals surface area contributed by atoms with E-state index in [0.717, 1.165) is 60.3 Å². The highest BCUT2D eigenvalue weighted by Crippen LogP contribution is 2.47. The minimum atomic E-state index is -0.574. The summed E-state index contributed by atoms with van der Waals surface area (Å²) in [5, 5.41) is 13.8. The van der Waals surface area contributed by atoms with Gasteiger partial charge in [-0.25, -0.2) is 0 Å². The average molecular weight is 745 g/mol. The molecule has 1 aromatic heterocycles. The summed E-state index contributed by atoms with van der Waals surface area (Å²) >= 11 is 0. The molecule has 3 fully saturated rings. The van der Waals surface area contributed by atoms with Gasteiger partial charge in [0.1, 0.15) is 5.75 Å². The quantitative estimate of drug-likeness (QED) is 0.0696. The fourth-order valence-electron chi connectivity index (χ4n) is 10.0. The first-order valence-corrected chi connectivity index (χ1v) is 23.1. The lowest BCUT2D eigenvalue weighted by atomic mass is 9.72. The second-order valence-electron chi connectivity index (χ2n) is 19.0. The lowest BCUT2D eigenvalue weighted by Crippen LogP contribution is -2.54. The molecule has 5 atom stereocenters. The van der Waals surface area contributed by atoms with Gasteiger partial charge in [-0.1, -0.05) is 176 Å². The number of nitrogens with zero attached hydrogens (tertiary/aromatic N) is 2.